The van der Waals surface area contributed by atoms with E-state index in [1.165, 1.54) is 18.2 Å². The van der Waals surface area contributed by atoms with Gasteiger partial charge in [0, 0.05) is 31.9 Å². The minimum atomic E-state index is -0.691. The molecule has 0 aliphatic rings. The number of hydrogen-bond donors (Lipinski definition) is 2. The lowest BCUT2D eigenvalue weighted by atomic mass is 10.1. The first-order valence-electron chi connectivity index (χ1n) is 5.37. The highest BCUT2D eigenvalue weighted by molar-refractivity contribution is 5.94. The van der Waals surface area contributed by atoms with E-state index in [2.05, 4.69) is 5.32 Å². The van der Waals surface area contributed by atoms with Gasteiger partial charge in [-0.15, -0.1) is 0 Å². The zero-order chi connectivity index (χ0) is 13.5. The summed E-state index contributed by atoms with van der Waals surface area (Å²) in [5, 5.41) is 13.8. The van der Waals surface area contributed by atoms with Crippen molar-refractivity contribution in [3.05, 3.63) is 33.9 Å². The molecule has 7 heteroatoms. The second-order valence-corrected chi connectivity index (χ2v) is 3.63. The van der Waals surface area contributed by atoms with Crippen molar-refractivity contribution in [2.45, 2.75) is 6.42 Å². The third-order valence-electron chi connectivity index (χ3n) is 2.32. The summed E-state index contributed by atoms with van der Waals surface area (Å²) < 4.78 is 4.87. The number of anilines is 1. The van der Waals surface area contributed by atoms with Gasteiger partial charge in [-0.2, -0.15) is 0 Å². The van der Waals surface area contributed by atoms with Crippen LogP contribution in [0.3, 0.4) is 0 Å². The molecule has 0 heterocycles. The van der Waals surface area contributed by atoms with E-state index in [-0.39, 0.29) is 11.3 Å². The Hall–Kier alpha value is -2.15. The molecule has 0 fully saturated rings. The lowest BCUT2D eigenvalue weighted by molar-refractivity contribution is -0.384. The number of carbonyl (C=O) groups is 1. The van der Waals surface area contributed by atoms with Gasteiger partial charge in [0.15, 0.2) is 0 Å². The third kappa shape index (κ3) is 3.70. The van der Waals surface area contributed by atoms with Gasteiger partial charge in [-0.1, -0.05) is 0 Å². The number of amides is 1. The van der Waals surface area contributed by atoms with Crippen LogP contribution in [0.25, 0.3) is 0 Å². The minimum absolute atomic E-state index is 0.115. The number of nitrogens with one attached hydrogen (secondary N) is 1. The van der Waals surface area contributed by atoms with Crippen LogP contribution in [0.5, 0.6) is 0 Å². The number of hydrogen-bond acceptors (Lipinski definition) is 5. The highest BCUT2D eigenvalue weighted by atomic mass is 16.6. The Morgan fingerprint density at radius 1 is 1.56 bits per heavy atom. The van der Waals surface area contributed by atoms with Crippen molar-refractivity contribution in [2.75, 3.05) is 25.6 Å². The molecule has 0 aliphatic heterocycles. The van der Waals surface area contributed by atoms with E-state index >= 15 is 0 Å². The molecule has 98 valence electrons. The van der Waals surface area contributed by atoms with Crippen molar-refractivity contribution < 1.29 is 14.5 Å². The van der Waals surface area contributed by atoms with E-state index < -0.39 is 10.8 Å². The average molecular weight is 253 g/mol. The fraction of sp³-hybridized carbons (Fsp3) is 0.364. The average Bonchev–Trinajstić information content (AvgIpc) is 2.34. The van der Waals surface area contributed by atoms with Gasteiger partial charge in [-0.25, -0.2) is 0 Å². The number of primary amides is 1. The van der Waals surface area contributed by atoms with E-state index in [9.17, 15) is 14.9 Å². The van der Waals surface area contributed by atoms with E-state index in [1.807, 2.05) is 0 Å². The predicted octanol–water partition coefficient (Wildman–Crippen LogP) is 1.14. The molecule has 0 aromatic heterocycles. The van der Waals surface area contributed by atoms with E-state index in [0.29, 0.717) is 18.8 Å². The predicted molar refractivity (Wildman–Crippen MR) is 66.6 cm³/mol. The smallest absolute Gasteiger partial charge is 0.293 e. The summed E-state index contributed by atoms with van der Waals surface area (Å²) in [6, 6.07) is 4.10. The molecular formula is C11H15N3O4. The van der Waals surface area contributed by atoms with E-state index in [4.69, 9.17) is 10.5 Å². The maximum atomic E-state index is 10.9. The maximum absolute atomic E-state index is 10.9. The largest absolute Gasteiger partial charge is 0.385 e. The standard InChI is InChI=1S/C11H15N3O4/c1-18-6-2-5-13-9-4-3-8(11(12)15)7-10(9)14(16)17/h3-4,7,13H,2,5-6H2,1H3,(H2,12,15). The van der Waals surface area contributed by atoms with Crippen LogP contribution in [-0.4, -0.2) is 31.1 Å². The zero-order valence-electron chi connectivity index (χ0n) is 10.0. The first kappa shape index (κ1) is 13.9. The van der Waals surface area contributed by atoms with Gasteiger partial charge in [0.05, 0.1) is 4.92 Å². The molecule has 1 aromatic rings. The Kier molecular flexibility index (Phi) is 5.06. The molecule has 0 saturated carbocycles. The molecule has 1 amide bonds. The molecule has 0 atom stereocenters. The van der Waals surface area contributed by atoms with E-state index in [1.54, 1.807) is 7.11 Å². The number of nitro benzene ring substituents is 1. The Balaban J connectivity index is 2.83. The van der Waals surface area contributed by atoms with Crippen molar-refractivity contribution in [2.24, 2.45) is 5.73 Å². The summed E-state index contributed by atoms with van der Waals surface area (Å²) in [5.41, 5.74) is 5.39. The molecule has 0 bridgehead atoms. The van der Waals surface area contributed by atoms with Crippen LogP contribution in [0.15, 0.2) is 18.2 Å². The van der Waals surface area contributed by atoms with Gasteiger partial charge < -0.3 is 15.8 Å². The van der Waals surface area contributed by atoms with Crippen molar-refractivity contribution in [1.82, 2.24) is 0 Å². The topological polar surface area (TPSA) is 107 Å². The fourth-order valence-corrected chi connectivity index (χ4v) is 1.43. The van der Waals surface area contributed by atoms with Gasteiger partial charge in [0.2, 0.25) is 5.91 Å². The summed E-state index contributed by atoms with van der Waals surface area (Å²) in [7, 11) is 1.59. The number of rotatable bonds is 7. The van der Waals surface area contributed by atoms with Gasteiger partial charge in [-0.05, 0) is 18.6 Å². The molecular weight excluding hydrogens is 238 g/mol. The van der Waals surface area contributed by atoms with Gasteiger partial charge >= 0.3 is 0 Å². The zero-order valence-corrected chi connectivity index (χ0v) is 10.0. The molecule has 0 radical (unpaired) electrons. The van der Waals surface area contributed by atoms with Crippen molar-refractivity contribution >= 4 is 17.3 Å². The van der Waals surface area contributed by atoms with Crippen LogP contribution < -0.4 is 11.1 Å². The Morgan fingerprint density at radius 2 is 2.28 bits per heavy atom. The molecule has 0 spiro atoms. The van der Waals surface area contributed by atoms with Crippen LogP contribution in [0.1, 0.15) is 16.8 Å². The first-order valence-corrected chi connectivity index (χ1v) is 5.37. The van der Waals surface area contributed by atoms with Crippen molar-refractivity contribution in [3.63, 3.8) is 0 Å². The number of nitrogens with two attached hydrogens (primary N) is 1. The van der Waals surface area contributed by atoms with Gasteiger partial charge in [-0.3, -0.25) is 14.9 Å². The molecule has 0 aliphatic carbocycles. The van der Waals surface area contributed by atoms with Gasteiger partial charge in [0.1, 0.15) is 5.69 Å². The maximum Gasteiger partial charge on any atom is 0.293 e. The summed E-state index contributed by atoms with van der Waals surface area (Å²) in [4.78, 5) is 21.3. The molecule has 7 nitrogen and oxygen atoms in total. The normalized spacial score (nSPS) is 10.1. The van der Waals surface area contributed by atoms with Crippen LogP contribution in [0, 0.1) is 10.1 Å². The highest BCUT2D eigenvalue weighted by Crippen LogP contribution is 2.25. The van der Waals surface area contributed by atoms with Crippen LogP contribution in [-0.2, 0) is 4.74 Å². The third-order valence-corrected chi connectivity index (χ3v) is 2.32. The summed E-state index contributed by atoms with van der Waals surface area (Å²) in [6.45, 7) is 1.12. The number of carbonyl (C=O) groups excluding carboxylic acids is 1. The van der Waals surface area contributed by atoms with Crippen LogP contribution in [0.2, 0.25) is 0 Å². The fourth-order valence-electron chi connectivity index (χ4n) is 1.43. The highest BCUT2D eigenvalue weighted by Gasteiger charge is 2.15. The molecule has 1 aromatic carbocycles. The molecule has 3 N–H and O–H groups in total. The van der Waals surface area contributed by atoms with Crippen LogP contribution >= 0.6 is 0 Å². The SMILES string of the molecule is COCCCNc1ccc(C(N)=O)cc1[N+](=O)[O-]. The number of methoxy groups -OCH3 is 1. The second kappa shape index (κ2) is 6.55. The molecule has 0 unspecified atom stereocenters. The number of benzene rings is 1. The Labute approximate surface area is 104 Å². The molecule has 0 saturated heterocycles. The summed E-state index contributed by atoms with van der Waals surface area (Å²) in [5.74, 6) is -0.691. The van der Waals surface area contributed by atoms with Crippen molar-refractivity contribution in [3.8, 4) is 0 Å². The lowest BCUT2D eigenvalue weighted by Gasteiger charge is -2.07. The molecule has 1 rings (SSSR count). The van der Waals surface area contributed by atoms with Gasteiger partial charge in [0.25, 0.3) is 5.69 Å². The Bertz CT molecular complexity index is 448. The van der Waals surface area contributed by atoms with Crippen molar-refractivity contribution in [1.29, 1.82) is 0 Å². The number of nitro groups is 1. The second-order valence-electron chi connectivity index (χ2n) is 3.63. The summed E-state index contributed by atoms with van der Waals surface area (Å²) >= 11 is 0. The Morgan fingerprint density at radius 3 is 2.83 bits per heavy atom. The molecule has 18 heavy (non-hydrogen) atoms. The number of nitrogens with zero attached hydrogens (tertiary/aromatic N) is 1. The lowest BCUT2D eigenvalue weighted by Crippen LogP contribution is -2.12. The first-order chi connectivity index (χ1) is 8.56. The van der Waals surface area contributed by atoms with E-state index in [0.717, 1.165) is 6.42 Å². The monoisotopic (exact) mass is 253 g/mol. The van der Waals surface area contributed by atoms with Crippen LogP contribution in [0.4, 0.5) is 11.4 Å². The number of ether oxygens (including phenoxy) is 1. The quantitative estimate of drug-likeness (QED) is 0.430. The summed E-state index contributed by atoms with van der Waals surface area (Å²) in [6.07, 6.45) is 0.727. The minimum Gasteiger partial charge on any atom is -0.385 e.